The van der Waals surface area contributed by atoms with E-state index in [1.165, 1.54) is 6.20 Å². The highest BCUT2D eigenvalue weighted by molar-refractivity contribution is 6.00. The van der Waals surface area contributed by atoms with Crippen molar-refractivity contribution in [3.63, 3.8) is 0 Å². The predicted octanol–water partition coefficient (Wildman–Crippen LogP) is 3.40. The lowest BCUT2D eigenvalue weighted by atomic mass is 9.91. The number of fused-ring (bicyclic) bond motifs is 1. The maximum atomic E-state index is 13.1. The van der Waals surface area contributed by atoms with E-state index in [0.29, 0.717) is 48.2 Å². The van der Waals surface area contributed by atoms with Gasteiger partial charge in [0.05, 0.1) is 39.9 Å². The third kappa shape index (κ3) is 5.09. The smallest absolute Gasteiger partial charge is 0.404 e. The maximum Gasteiger partial charge on any atom is 0.404 e. The standard InChI is InChI=1S/C24H27N7O3/c1-14(2)28-20-10-21(22-8-7-18-9-15(11-25)12-27-31(18)22)26-13-19(20)23(32)29-16-3-5-17(6-4-16)30-24(33)34/h7-10,12-14,16-17,30H,3-6H2,1-2H3,(H,26,28)(H,29,32)(H,33,34). The molecule has 1 fully saturated rings. The number of hydrogen-bond donors (Lipinski definition) is 4. The van der Waals surface area contributed by atoms with E-state index in [0.717, 1.165) is 11.2 Å². The van der Waals surface area contributed by atoms with E-state index in [9.17, 15) is 9.59 Å². The van der Waals surface area contributed by atoms with E-state index < -0.39 is 6.09 Å². The van der Waals surface area contributed by atoms with Crippen LogP contribution in [0.25, 0.3) is 16.9 Å². The average Bonchev–Trinajstić information content (AvgIpc) is 3.22. The number of amides is 2. The van der Waals surface area contributed by atoms with Crippen LogP contribution < -0.4 is 16.0 Å². The SMILES string of the molecule is CC(C)Nc1cc(-c2ccc3cc(C#N)cnn23)ncc1C(=O)NC1CCC(NC(=O)O)CC1. The fourth-order valence-electron chi connectivity index (χ4n) is 4.28. The summed E-state index contributed by atoms with van der Waals surface area (Å²) in [6.45, 7) is 3.99. The van der Waals surface area contributed by atoms with Crippen molar-refractivity contribution in [3.8, 4) is 17.5 Å². The third-order valence-electron chi connectivity index (χ3n) is 5.87. The zero-order chi connectivity index (χ0) is 24.2. The molecule has 1 aliphatic carbocycles. The number of anilines is 1. The highest BCUT2D eigenvalue weighted by Gasteiger charge is 2.25. The molecule has 0 saturated heterocycles. The molecule has 34 heavy (non-hydrogen) atoms. The van der Waals surface area contributed by atoms with E-state index >= 15 is 0 Å². The molecule has 4 rings (SSSR count). The first kappa shape index (κ1) is 23.0. The second kappa shape index (κ2) is 9.79. The molecule has 0 spiro atoms. The number of carbonyl (C=O) groups excluding carboxylic acids is 1. The lowest BCUT2D eigenvalue weighted by Crippen LogP contribution is -2.43. The number of carbonyl (C=O) groups is 2. The van der Waals surface area contributed by atoms with Crippen molar-refractivity contribution in [1.29, 1.82) is 5.26 Å². The van der Waals surface area contributed by atoms with Gasteiger partial charge < -0.3 is 21.1 Å². The van der Waals surface area contributed by atoms with Gasteiger partial charge in [0.25, 0.3) is 5.91 Å². The first-order valence-corrected chi connectivity index (χ1v) is 11.3. The fraction of sp³-hybridized carbons (Fsp3) is 0.375. The molecule has 10 heteroatoms. The lowest BCUT2D eigenvalue weighted by Gasteiger charge is -2.29. The number of nitriles is 1. The largest absolute Gasteiger partial charge is 0.465 e. The summed E-state index contributed by atoms with van der Waals surface area (Å²) in [4.78, 5) is 28.5. The number of hydrogen-bond acceptors (Lipinski definition) is 6. The number of nitrogens with one attached hydrogen (secondary N) is 3. The Morgan fingerprint density at radius 1 is 1.12 bits per heavy atom. The normalized spacial score (nSPS) is 17.8. The molecule has 0 unspecified atom stereocenters. The Balaban J connectivity index is 1.55. The summed E-state index contributed by atoms with van der Waals surface area (Å²) in [7, 11) is 0. The minimum atomic E-state index is -1.01. The van der Waals surface area contributed by atoms with Gasteiger partial charge in [-0.15, -0.1) is 0 Å². The van der Waals surface area contributed by atoms with Gasteiger partial charge in [-0.1, -0.05) is 0 Å². The molecule has 0 aliphatic heterocycles. The minimum absolute atomic E-state index is 0.0148. The monoisotopic (exact) mass is 461 g/mol. The summed E-state index contributed by atoms with van der Waals surface area (Å²) in [5, 5.41) is 31.3. The minimum Gasteiger partial charge on any atom is -0.465 e. The second-order valence-electron chi connectivity index (χ2n) is 8.80. The molecule has 3 heterocycles. The van der Waals surface area contributed by atoms with Crippen LogP contribution in [0.3, 0.4) is 0 Å². The summed E-state index contributed by atoms with van der Waals surface area (Å²) in [5.41, 5.74) is 3.78. The Kier molecular flexibility index (Phi) is 6.63. The van der Waals surface area contributed by atoms with Crippen molar-refractivity contribution < 1.29 is 14.7 Å². The van der Waals surface area contributed by atoms with Gasteiger partial charge in [0.1, 0.15) is 6.07 Å². The molecule has 3 aromatic heterocycles. The zero-order valence-corrected chi connectivity index (χ0v) is 19.1. The number of aromatic nitrogens is 3. The van der Waals surface area contributed by atoms with Gasteiger partial charge in [0.15, 0.2) is 0 Å². The van der Waals surface area contributed by atoms with Gasteiger partial charge >= 0.3 is 6.09 Å². The van der Waals surface area contributed by atoms with Gasteiger partial charge in [-0.2, -0.15) is 10.4 Å². The van der Waals surface area contributed by atoms with Crippen LogP contribution >= 0.6 is 0 Å². The molecule has 2 amide bonds. The highest BCUT2D eigenvalue weighted by atomic mass is 16.4. The molecular formula is C24H27N7O3. The molecule has 1 saturated carbocycles. The number of nitrogens with zero attached hydrogens (tertiary/aromatic N) is 4. The Bertz CT molecular complexity index is 1250. The molecule has 0 bridgehead atoms. The number of pyridine rings is 1. The van der Waals surface area contributed by atoms with E-state index in [1.54, 1.807) is 16.8 Å². The van der Waals surface area contributed by atoms with Gasteiger partial charge in [-0.05, 0) is 63.8 Å². The molecule has 0 aromatic carbocycles. The Labute approximate surface area is 197 Å². The van der Waals surface area contributed by atoms with E-state index in [1.807, 2.05) is 32.0 Å². The maximum absolute atomic E-state index is 13.1. The van der Waals surface area contributed by atoms with Crippen LogP contribution in [-0.4, -0.2) is 49.8 Å². The molecule has 1 aliphatic rings. The van der Waals surface area contributed by atoms with Crippen LogP contribution in [-0.2, 0) is 0 Å². The Hall–Kier alpha value is -4.13. The van der Waals surface area contributed by atoms with Crippen molar-refractivity contribution in [2.75, 3.05) is 5.32 Å². The first-order valence-electron chi connectivity index (χ1n) is 11.3. The number of rotatable bonds is 6. The summed E-state index contributed by atoms with van der Waals surface area (Å²) < 4.78 is 1.71. The average molecular weight is 462 g/mol. The topological polar surface area (TPSA) is 144 Å². The molecule has 10 nitrogen and oxygen atoms in total. The van der Waals surface area contributed by atoms with Crippen molar-refractivity contribution in [2.24, 2.45) is 0 Å². The summed E-state index contributed by atoms with van der Waals surface area (Å²) in [6, 6.07) is 9.45. The Morgan fingerprint density at radius 3 is 2.47 bits per heavy atom. The molecule has 4 N–H and O–H groups in total. The van der Waals surface area contributed by atoms with E-state index in [4.69, 9.17) is 10.4 Å². The van der Waals surface area contributed by atoms with Crippen LogP contribution in [0.15, 0.2) is 36.7 Å². The quantitative estimate of drug-likeness (QED) is 0.440. The van der Waals surface area contributed by atoms with Crippen molar-refractivity contribution in [1.82, 2.24) is 25.2 Å². The van der Waals surface area contributed by atoms with Gasteiger partial charge in [0.2, 0.25) is 0 Å². The van der Waals surface area contributed by atoms with Crippen LogP contribution in [0.1, 0.15) is 55.5 Å². The van der Waals surface area contributed by atoms with E-state index in [2.05, 4.69) is 32.1 Å². The molecule has 176 valence electrons. The van der Waals surface area contributed by atoms with E-state index in [-0.39, 0.29) is 24.0 Å². The van der Waals surface area contributed by atoms with Crippen molar-refractivity contribution in [3.05, 3.63) is 47.8 Å². The second-order valence-corrected chi connectivity index (χ2v) is 8.80. The molecule has 0 radical (unpaired) electrons. The van der Waals surface area contributed by atoms with Crippen molar-refractivity contribution >= 4 is 23.2 Å². The lowest BCUT2D eigenvalue weighted by molar-refractivity contribution is 0.0923. The van der Waals surface area contributed by atoms with Crippen LogP contribution in [0.2, 0.25) is 0 Å². The van der Waals surface area contributed by atoms with Gasteiger partial charge in [-0.25, -0.2) is 9.31 Å². The predicted molar refractivity (Wildman–Crippen MR) is 127 cm³/mol. The third-order valence-corrected chi connectivity index (χ3v) is 5.87. The van der Waals surface area contributed by atoms with Gasteiger partial charge in [0, 0.05) is 24.3 Å². The Morgan fingerprint density at radius 2 is 1.82 bits per heavy atom. The molecular weight excluding hydrogens is 434 g/mol. The van der Waals surface area contributed by atoms with Crippen LogP contribution in [0, 0.1) is 11.3 Å². The number of carboxylic acid groups (broad SMARTS) is 1. The molecule has 3 aromatic rings. The summed E-state index contributed by atoms with van der Waals surface area (Å²) in [5.74, 6) is -0.214. The molecule has 0 atom stereocenters. The highest BCUT2D eigenvalue weighted by Crippen LogP contribution is 2.26. The van der Waals surface area contributed by atoms with Crippen LogP contribution in [0.4, 0.5) is 10.5 Å². The first-order chi connectivity index (χ1) is 16.3. The van der Waals surface area contributed by atoms with Crippen LogP contribution in [0.5, 0.6) is 0 Å². The fourth-order valence-corrected chi connectivity index (χ4v) is 4.28. The van der Waals surface area contributed by atoms with Gasteiger partial charge in [-0.3, -0.25) is 9.78 Å². The summed E-state index contributed by atoms with van der Waals surface area (Å²) in [6.07, 6.45) is 4.85. The summed E-state index contributed by atoms with van der Waals surface area (Å²) >= 11 is 0. The zero-order valence-electron chi connectivity index (χ0n) is 19.1. The van der Waals surface area contributed by atoms with Crippen molar-refractivity contribution in [2.45, 2.75) is 57.7 Å².